The quantitative estimate of drug-likeness (QED) is 0.0205. The summed E-state index contributed by atoms with van der Waals surface area (Å²) in [4.78, 5) is 37.5. The van der Waals surface area contributed by atoms with Gasteiger partial charge in [-0.2, -0.15) is 0 Å². The summed E-state index contributed by atoms with van der Waals surface area (Å²) in [6.45, 7) is 3.72. The van der Waals surface area contributed by atoms with Crippen LogP contribution < -0.4 is 4.89 Å². The van der Waals surface area contributed by atoms with Crippen molar-refractivity contribution in [3.63, 3.8) is 0 Å². The van der Waals surface area contributed by atoms with Crippen LogP contribution >= 0.6 is 7.82 Å². The molecule has 0 aliphatic rings. The number of quaternary nitrogens is 1. The van der Waals surface area contributed by atoms with Gasteiger partial charge >= 0.3 is 11.9 Å². The first-order chi connectivity index (χ1) is 26.8. The fourth-order valence-electron chi connectivity index (χ4n) is 5.26. The fourth-order valence-corrected chi connectivity index (χ4v) is 5.99. The minimum atomic E-state index is -4.71. The Kier molecular flexibility index (Phi) is 34.3. The second kappa shape index (κ2) is 35.8. The summed E-state index contributed by atoms with van der Waals surface area (Å²) in [6.07, 6.45) is 34.2. The van der Waals surface area contributed by atoms with Crippen molar-refractivity contribution < 1.29 is 52.3 Å². The summed E-state index contributed by atoms with van der Waals surface area (Å²) in [5.74, 6) is -1.14. The van der Waals surface area contributed by atoms with Crippen molar-refractivity contribution in [2.75, 3.05) is 47.5 Å². The molecule has 11 nitrogen and oxygen atoms in total. The summed E-state index contributed by atoms with van der Waals surface area (Å²) in [5, 5.41) is 20.7. The molecule has 0 saturated heterocycles. The van der Waals surface area contributed by atoms with E-state index in [0.717, 1.165) is 64.2 Å². The van der Waals surface area contributed by atoms with Gasteiger partial charge in [0, 0.05) is 12.8 Å². The molecule has 56 heavy (non-hydrogen) atoms. The monoisotopic (exact) mass is 812 g/mol. The average Bonchev–Trinajstić information content (AvgIpc) is 3.14. The lowest BCUT2D eigenvalue weighted by molar-refractivity contribution is -0.870. The first kappa shape index (κ1) is 53.6. The van der Waals surface area contributed by atoms with Crippen molar-refractivity contribution in [1.82, 2.24) is 0 Å². The number of ether oxygens (including phenoxy) is 2. The number of rotatable bonds is 37. The molecule has 1 unspecified atom stereocenters. The minimum Gasteiger partial charge on any atom is -0.756 e. The number of hydrogen-bond acceptors (Lipinski definition) is 10. The van der Waals surface area contributed by atoms with E-state index in [2.05, 4.69) is 56.4 Å². The Bertz CT molecular complexity index is 1180. The van der Waals surface area contributed by atoms with Crippen LogP contribution in [0.3, 0.4) is 0 Å². The van der Waals surface area contributed by atoms with E-state index in [0.29, 0.717) is 17.4 Å². The number of allylic oxidation sites excluding steroid dienone is 9. The molecule has 0 spiro atoms. The normalized spacial score (nSPS) is 15.4. The molecule has 0 saturated carbocycles. The highest BCUT2D eigenvalue weighted by molar-refractivity contribution is 7.45. The van der Waals surface area contributed by atoms with Crippen LogP contribution in [0.1, 0.15) is 142 Å². The molecule has 12 heteroatoms. The van der Waals surface area contributed by atoms with Gasteiger partial charge in [-0.1, -0.05) is 113 Å². The Morgan fingerprint density at radius 2 is 1.21 bits per heavy atom. The van der Waals surface area contributed by atoms with Crippen molar-refractivity contribution in [3.05, 3.63) is 60.8 Å². The molecule has 0 radical (unpaired) electrons. The van der Waals surface area contributed by atoms with Gasteiger partial charge in [-0.05, 0) is 77.0 Å². The minimum absolute atomic E-state index is 0.0873. The Labute approximate surface area is 340 Å². The molecule has 4 atom stereocenters. The fraction of sp³-hybridized carbons (Fsp3) is 0.727. The zero-order valence-corrected chi connectivity index (χ0v) is 36.4. The first-order valence-electron chi connectivity index (χ1n) is 21.2. The third-order valence-corrected chi connectivity index (χ3v) is 9.69. The number of phosphoric acid groups is 1. The van der Waals surface area contributed by atoms with E-state index >= 15 is 0 Å². The van der Waals surface area contributed by atoms with Crippen molar-refractivity contribution in [2.45, 2.75) is 161 Å². The summed E-state index contributed by atoms with van der Waals surface area (Å²) < 4.78 is 33.6. The van der Waals surface area contributed by atoms with E-state index < -0.39 is 44.7 Å². The molecule has 0 aromatic heterocycles. The molecular weight excluding hydrogens is 733 g/mol. The average molecular weight is 812 g/mol. The maximum Gasteiger partial charge on any atom is 0.306 e. The van der Waals surface area contributed by atoms with Gasteiger partial charge in [-0.25, -0.2) is 0 Å². The molecule has 324 valence electrons. The van der Waals surface area contributed by atoms with Crippen molar-refractivity contribution >= 4 is 19.8 Å². The number of carbonyl (C=O) groups is 2. The van der Waals surface area contributed by atoms with Crippen LogP contribution in [0.5, 0.6) is 0 Å². The van der Waals surface area contributed by atoms with Gasteiger partial charge in [0.2, 0.25) is 0 Å². The molecule has 0 aliphatic heterocycles. The smallest absolute Gasteiger partial charge is 0.306 e. The highest BCUT2D eigenvalue weighted by Crippen LogP contribution is 2.38. The van der Waals surface area contributed by atoms with Gasteiger partial charge in [-0.3, -0.25) is 14.2 Å². The van der Waals surface area contributed by atoms with Gasteiger partial charge in [0.1, 0.15) is 19.8 Å². The Morgan fingerprint density at radius 1 is 0.661 bits per heavy atom. The van der Waals surface area contributed by atoms with E-state index in [1.165, 1.54) is 25.7 Å². The molecule has 0 rings (SSSR count). The van der Waals surface area contributed by atoms with E-state index in [9.17, 15) is 29.3 Å². The molecule has 0 fully saturated rings. The summed E-state index contributed by atoms with van der Waals surface area (Å²) in [7, 11) is 0.973. The molecule has 0 heterocycles. The zero-order chi connectivity index (χ0) is 41.8. The van der Waals surface area contributed by atoms with Crippen LogP contribution in [0, 0.1) is 0 Å². The number of carbonyl (C=O) groups excluding carboxylic acids is 2. The van der Waals surface area contributed by atoms with Gasteiger partial charge in [-0.15, -0.1) is 0 Å². The van der Waals surface area contributed by atoms with Crippen LogP contribution in [-0.4, -0.2) is 92.5 Å². The number of aliphatic hydroxyl groups is 2. The maximum atomic E-state index is 12.7. The Balaban J connectivity index is 4.67. The molecule has 0 bridgehead atoms. The number of unbranched alkanes of at least 4 members (excludes halogenated alkanes) is 9. The topological polar surface area (TPSA) is 152 Å². The number of esters is 2. The molecule has 2 N–H and O–H groups in total. The Morgan fingerprint density at radius 3 is 1.82 bits per heavy atom. The van der Waals surface area contributed by atoms with Crippen molar-refractivity contribution in [2.24, 2.45) is 0 Å². The largest absolute Gasteiger partial charge is 0.756 e. The number of hydrogen-bond donors (Lipinski definition) is 2. The van der Waals surface area contributed by atoms with E-state index in [4.69, 9.17) is 18.5 Å². The van der Waals surface area contributed by atoms with E-state index in [-0.39, 0.29) is 45.3 Å². The second-order valence-electron chi connectivity index (χ2n) is 15.3. The highest BCUT2D eigenvalue weighted by atomic mass is 31.2. The third-order valence-electron chi connectivity index (χ3n) is 8.72. The molecule has 0 amide bonds. The number of nitrogens with zero attached hydrogens (tertiary/aromatic N) is 1. The van der Waals surface area contributed by atoms with Gasteiger partial charge in [0.15, 0.2) is 6.10 Å². The molecule has 0 aliphatic carbocycles. The number of phosphoric ester groups is 1. The lowest BCUT2D eigenvalue weighted by Gasteiger charge is -2.28. The van der Waals surface area contributed by atoms with Crippen LogP contribution in [0.25, 0.3) is 0 Å². The van der Waals surface area contributed by atoms with Crippen LogP contribution in [-0.2, 0) is 32.7 Å². The SMILES string of the molecule is CC/C=C\C/C=C\C/C=C\C/C=C\C[C@@H](O)[C@H](O)CCCC(=O)O[C@H](COC(=O)CCCCCCC/C=C\CCCCCC)COP(=O)([O-])OCC[N+](C)(C)C. The summed E-state index contributed by atoms with van der Waals surface area (Å²) in [6, 6.07) is 0. The Hall–Kier alpha value is -2.37. The van der Waals surface area contributed by atoms with Gasteiger partial charge in [0.05, 0.1) is 40.0 Å². The molecular formula is C44H78NO10P. The van der Waals surface area contributed by atoms with Gasteiger partial charge in [0.25, 0.3) is 7.82 Å². The standard InChI is InChI=1S/C44H78NO10P/c1-6-8-10-12-14-16-18-20-22-24-26-28-30-34-43(48)52-38-40(39-54-56(50,51)53-37-36-45(3,4)5)55-44(49)35-31-33-42(47)41(46)32-29-27-25-23-21-19-17-15-13-11-9-7-2/h9,11,15-18,21,23,27,29,40-42,46-47H,6-8,10,12-14,19-20,22,24-26,28,30-39H2,1-5H3/b11-9-,17-15-,18-16-,23-21-,29-27-/t40-,41-,42-/m1/s1. The van der Waals surface area contributed by atoms with Crippen molar-refractivity contribution in [3.8, 4) is 0 Å². The van der Waals surface area contributed by atoms with Crippen LogP contribution in [0.2, 0.25) is 0 Å². The predicted molar refractivity (Wildman–Crippen MR) is 225 cm³/mol. The third kappa shape index (κ3) is 37.2. The molecule has 0 aromatic carbocycles. The zero-order valence-electron chi connectivity index (χ0n) is 35.5. The highest BCUT2D eigenvalue weighted by Gasteiger charge is 2.22. The summed E-state index contributed by atoms with van der Waals surface area (Å²) in [5.41, 5.74) is 0. The number of likely N-dealkylation sites (N-methyl/N-ethyl adjacent to an activating group) is 1. The predicted octanol–water partition coefficient (Wildman–Crippen LogP) is 8.99. The van der Waals surface area contributed by atoms with Crippen molar-refractivity contribution in [1.29, 1.82) is 0 Å². The number of aliphatic hydroxyl groups excluding tert-OH is 2. The van der Waals surface area contributed by atoms with E-state index in [1.54, 1.807) is 0 Å². The van der Waals surface area contributed by atoms with Gasteiger partial charge < -0.3 is 38.1 Å². The van der Waals surface area contributed by atoms with E-state index in [1.807, 2.05) is 39.4 Å². The maximum absolute atomic E-state index is 12.7. The molecule has 0 aromatic rings. The lowest BCUT2D eigenvalue weighted by Crippen LogP contribution is -2.37. The second-order valence-corrected chi connectivity index (χ2v) is 16.7. The van der Waals surface area contributed by atoms with Crippen LogP contribution in [0.15, 0.2) is 60.8 Å². The van der Waals surface area contributed by atoms with Crippen LogP contribution in [0.4, 0.5) is 0 Å². The summed E-state index contributed by atoms with van der Waals surface area (Å²) >= 11 is 0. The first-order valence-corrected chi connectivity index (χ1v) is 22.6. The lowest BCUT2D eigenvalue weighted by atomic mass is 10.0.